The van der Waals surface area contributed by atoms with Gasteiger partial charge in [0.15, 0.2) is 28.7 Å². The third-order valence-corrected chi connectivity index (χ3v) is 17.9. The predicted octanol–water partition coefficient (Wildman–Crippen LogP) is 19.3. The molecule has 598 valence electrons. The third kappa shape index (κ3) is 36.6. The fraction of sp³-hybridized carbons (Fsp3) is 0.444. The molecule has 7 aromatic carbocycles. The Morgan fingerprint density at radius 1 is 0.491 bits per heavy atom. The number of rotatable bonds is 11. The quantitative estimate of drug-likeness (QED) is 0.0730. The van der Waals surface area contributed by atoms with Crippen LogP contribution in [0.1, 0.15) is 160 Å². The van der Waals surface area contributed by atoms with Gasteiger partial charge in [0.2, 0.25) is 0 Å². The number of nitrogens with two attached hydrogens (primary N) is 1. The number of amides is 1. The largest absolute Gasteiger partial charge is 1.00 e. The number of carbonyl (C=O) groups is 1. The number of halogens is 13. The first-order valence-electron chi connectivity index (χ1n) is 34.4. The van der Waals surface area contributed by atoms with Gasteiger partial charge in [-0.1, -0.05) is 129 Å². The topological polar surface area (TPSA) is 129 Å². The van der Waals surface area contributed by atoms with Crippen LogP contribution in [0.25, 0.3) is 9.69 Å². The molecule has 1 amide bonds. The monoisotopic (exact) mass is 1630 g/mol. The summed E-state index contributed by atoms with van der Waals surface area (Å²) in [6.45, 7) is 28.3. The van der Waals surface area contributed by atoms with E-state index in [1.54, 1.807) is 71.6 Å². The molecule has 12 rings (SSSR count). The van der Waals surface area contributed by atoms with Crippen molar-refractivity contribution in [3.05, 3.63) is 225 Å². The molecule has 29 heteroatoms. The molecule has 5 heterocycles. The average molecular weight is 1630 g/mol. The van der Waals surface area contributed by atoms with Crippen molar-refractivity contribution in [2.24, 2.45) is 5.73 Å². The molecule has 5 aliphatic heterocycles. The minimum absolute atomic E-state index is 0. The Hall–Kier alpha value is -7.76. The zero-order chi connectivity index (χ0) is 76.2. The standard InChI is InChI=1S/C19H17F3N2O.C19H21F3N2O.C17H22F3NO3.C12H14F3NO.C7H4BrN.C4H8O.3CH4.Al.Li.4H/c1-23-16-3-2-4-17(13-16)24-11-9-15(10-12-24)14-5-7-18(8-6-14)25-19(20,21)22;20-19(21,22)25-18-6-4-15(5-7-18)16-8-10-24(11-9-16)17-3-1-2-14(12-17)13-23;1-16(2,3)24-15(22)21-10-8-13(9-11-21)12-4-6-14(7-5-12)23-17(18,19)20;13-12(14,15)17-11-3-1-9(2-4-11)10-5-7-16-8-6-10;1-9-7-4-2-3-6(8)5-7;1-2-4-5-3-1;;;;;;;;;/h2-8,13,15H,9-12H2;1-7,12,16H,8-11,13,23H2;4-7,13H,8-11H2,1-3H3;1-4,10,16H,5-8H2;2-5H;1-4H2;3*1H4;;;;;;/q;;;;;;;;;;+1;;;;-1. The number of hydrogen-bond acceptors (Lipinski definition) is 11. The number of benzene rings is 7. The molecule has 5 aliphatic rings. The molecule has 0 bridgehead atoms. The van der Waals surface area contributed by atoms with Gasteiger partial charge in [-0.3, -0.25) is 0 Å². The molecule has 5 saturated heterocycles. The summed E-state index contributed by atoms with van der Waals surface area (Å²) in [4.78, 5) is 25.0. The van der Waals surface area contributed by atoms with Crippen LogP contribution >= 0.6 is 15.9 Å². The van der Waals surface area contributed by atoms with E-state index in [4.69, 9.17) is 28.4 Å². The van der Waals surface area contributed by atoms with Crippen LogP contribution in [0.2, 0.25) is 0 Å². The summed E-state index contributed by atoms with van der Waals surface area (Å²) < 4.78 is 172. The van der Waals surface area contributed by atoms with Gasteiger partial charge in [-0.25, -0.2) is 14.5 Å². The van der Waals surface area contributed by atoms with Gasteiger partial charge in [0.1, 0.15) is 28.6 Å². The fourth-order valence-corrected chi connectivity index (χ4v) is 12.7. The van der Waals surface area contributed by atoms with E-state index in [0.717, 1.165) is 142 Å². The molecule has 0 atom stereocenters. The van der Waals surface area contributed by atoms with E-state index in [1.165, 1.54) is 67.1 Å². The Balaban J connectivity index is 0.000000689. The van der Waals surface area contributed by atoms with E-state index in [-0.39, 0.29) is 94.9 Å². The summed E-state index contributed by atoms with van der Waals surface area (Å²) in [5, 5.41) is 3.25. The van der Waals surface area contributed by atoms with Crippen molar-refractivity contribution >= 4 is 62.1 Å². The first-order valence-corrected chi connectivity index (χ1v) is 35.2. The van der Waals surface area contributed by atoms with Crippen molar-refractivity contribution in [1.82, 2.24) is 10.2 Å². The number of ether oxygens (including phenoxy) is 6. The van der Waals surface area contributed by atoms with E-state index >= 15 is 0 Å². The molecule has 0 unspecified atom stereocenters. The molecular formula is C81H102AlBrF12LiN7O7. The summed E-state index contributed by atoms with van der Waals surface area (Å²) in [5.41, 5.74) is 13.9. The Bertz CT molecular complexity index is 3830. The van der Waals surface area contributed by atoms with E-state index < -0.39 is 31.1 Å². The molecule has 3 N–H and O–H groups in total. The van der Waals surface area contributed by atoms with Crippen LogP contribution < -0.4 is 58.7 Å². The number of carbonyl (C=O) groups excluding carboxylic acids is 1. The second-order valence-corrected chi connectivity index (χ2v) is 27.1. The number of likely N-dealkylation sites (tertiary alicyclic amines) is 1. The van der Waals surface area contributed by atoms with Crippen LogP contribution in [0.3, 0.4) is 0 Å². The molecule has 110 heavy (non-hydrogen) atoms. The summed E-state index contributed by atoms with van der Waals surface area (Å²) in [6.07, 6.45) is -9.05. The molecule has 0 aliphatic carbocycles. The van der Waals surface area contributed by atoms with E-state index in [0.29, 0.717) is 48.8 Å². The van der Waals surface area contributed by atoms with Crippen molar-refractivity contribution in [3.8, 4) is 23.0 Å². The van der Waals surface area contributed by atoms with Crippen molar-refractivity contribution < 1.29 is 106 Å². The second kappa shape index (κ2) is 47.6. The summed E-state index contributed by atoms with van der Waals surface area (Å²) >= 11 is 3.26. The van der Waals surface area contributed by atoms with Gasteiger partial charge < -0.3 is 55.6 Å². The number of alkyl halides is 12. The van der Waals surface area contributed by atoms with E-state index in [1.807, 2.05) is 63.2 Å². The van der Waals surface area contributed by atoms with E-state index in [2.05, 4.69) is 71.8 Å². The number of nitrogens with zero attached hydrogens (tertiary/aromatic N) is 5. The van der Waals surface area contributed by atoms with Crippen LogP contribution in [0.15, 0.2) is 174 Å². The number of nitrogens with one attached hydrogen (secondary N) is 1. The van der Waals surface area contributed by atoms with Crippen molar-refractivity contribution in [3.63, 3.8) is 0 Å². The second-order valence-electron chi connectivity index (χ2n) is 26.2. The summed E-state index contributed by atoms with van der Waals surface area (Å²) in [6, 6.07) is 47.6. The molecule has 14 nitrogen and oxygen atoms in total. The van der Waals surface area contributed by atoms with Crippen LogP contribution in [-0.2, 0) is 16.0 Å². The minimum Gasteiger partial charge on any atom is -1.00 e. The number of hydrogen-bond donors (Lipinski definition) is 2. The van der Waals surface area contributed by atoms with Crippen LogP contribution in [0.5, 0.6) is 23.0 Å². The van der Waals surface area contributed by atoms with Crippen molar-refractivity contribution in [1.29, 1.82) is 0 Å². The van der Waals surface area contributed by atoms with Crippen LogP contribution in [0.4, 0.5) is 80.2 Å². The number of piperidine rings is 4. The van der Waals surface area contributed by atoms with E-state index in [9.17, 15) is 57.5 Å². The SMILES string of the molecule is C.C.C.C1CCOC1.CC(C)(C)OC(=O)N1CCC(c2ccc(OC(F)(F)F)cc2)CC1.FC(F)(F)Oc1ccc(C2CCNCC2)cc1.NCc1cccc(N2CCC(c3ccc(OC(F)(F)F)cc3)CC2)c1.[AlH3].[C-]#[N+]c1cccc(Br)c1.[C-]#[N+]c1cccc(N2CCC(c3ccc(OC(F)(F)F)cc3)CC2)c1.[H-].[Li+]. The molecular weight excluding hydrogens is 1520 g/mol. The maximum absolute atomic E-state index is 12.2. The van der Waals surface area contributed by atoms with Gasteiger partial charge in [-0.05, 0) is 228 Å². The maximum Gasteiger partial charge on any atom is 1.00 e. The van der Waals surface area contributed by atoms with Gasteiger partial charge in [-0.2, -0.15) is 0 Å². The van der Waals surface area contributed by atoms with Gasteiger partial charge in [-0.15, -0.1) is 52.7 Å². The first kappa shape index (κ1) is 98.3. The zero-order valence-corrected chi connectivity index (χ0v) is 61.0. The minimum atomic E-state index is -4.68. The van der Waals surface area contributed by atoms with Crippen LogP contribution in [0, 0.1) is 13.1 Å². The van der Waals surface area contributed by atoms with Crippen molar-refractivity contribution in [2.75, 3.05) is 75.4 Å². The Labute approximate surface area is 672 Å². The van der Waals surface area contributed by atoms with Gasteiger partial charge in [0.25, 0.3) is 0 Å². The average Bonchev–Trinajstić information content (AvgIpc) is 0.984. The third-order valence-electron chi connectivity index (χ3n) is 17.4. The van der Waals surface area contributed by atoms with Gasteiger partial charge in [0, 0.05) is 74.9 Å². The smallest absolute Gasteiger partial charge is 1.00 e. The van der Waals surface area contributed by atoms with Gasteiger partial charge >= 0.3 is 50.4 Å². The number of anilines is 2. The molecule has 7 aromatic rings. The van der Waals surface area contributed by atoms with Gasteiger partial charge in [0.05, 0.1) is 13.1 Å². The maximum atomic E-state index is 12.2. The normalized spacial score (nSPS) is 15.5. The molecule has 0 radical (unpaired) electrons. The fourth-order valence-electron chi connectivity index (χ4n) is 12.3. The molecule has 0 aromatic heterocycles. The predicted molar refractivity (Wildman–Crippen MR) is 414 cm³/mol. The molecule has 0 spiro atoms. The molecule has 0 saturated carbocycles. The van der Waals surface area contributed by atoms with Crippen molar-refractivity contribution in [2.45, 2.75) is 169 Å². The Morgan fingerprint density at radius 3 is 1.11 bits per heavy atom. The molecule has 5 fully saturated rings. The summed E-state index contributed by atoms with van der Waals surface area (Å²) in [7, 11) is 0. The first-order chi connectivity index (χ1) is 49.8. The Morgan fingerprint density at radius 2 is 0.809 bits per heavy atom. The summed E-state index contributed by atoms with van der Waals surface area (Å²) in [5.74, 6) is 0.582. The van der Waals surface area contributed by atoms with Crippen LogP contribution in [-0.4, -0.2) is 125 Å². The zero-order valence-electron chi connectivity index (χ0n) is 60.4. The Kier molecular flexibility index (Phi) is 42.5.